The van der Waals surface area contributed by atoms with E-state index in [4.69, 9.17) is 5.73 Å². The number of unbranched alkanes of at least 4 members (excludes halogenated alkanes) is 6. The van der Waals surface area contributed by atoms with Gasteiger partial charge in [-0.15, -0.1) is 0 Å². The maximum atomic E-state index is 11.5. The summed E-state index contributed by atoms with van der Waals surface area (Å²) in [6.07, 6.45) is 11.3. The summed E-state index contributed by atoms with van der Waals surface area (Å²) >= 11 is 0. The van der Waals surface area contributed by atoms with E-state index < -0.39 is 0 Å². The van der Waals surface area contributed by atoms with Gasteiger partial charge >= 0.3 is 0 Å². The molecule has 0 rings (SSSR count). The van der Waals surface area contributed by atoms with Crippen molar-refractivity contribution < 1.29 is 4.79 Å². The molecule has 0 radical (unpaired) electrons. The molecule has 0 aliphatic carbocycles. The molecule has 1 atom stereocenters. The zero-order valence-corrected chi connectivity index (χ0v) is 11.1. The maximum absolute atomic E-state index is 11.5. The number of carbonyl (C=O) groups excluding carboxylic acids is 1. The predicted octanol–water partition coefficient (Wildman–Crippen LogP) is 3.82. The van der Waals surface area contributed by atoms with E-state index >= 15 is 0 Å². The highest BCUT2D eigenvalue weighted by atomic mass is 16.1. The fourth-order valence-electron chi connectivity index (χ4n) is 1.91. The molecule has 0 saturated carbocycles. The van der Waals surface area contributed by atoms with Crippen LogP contribution in [0.15, 0.2) is 0 Å². The quantitative estimate of drug-likeness (QED) is 0.545. The predicted molar refractivity (Wildman–Crippen MR) is 70.5 cm³/mol. The van der Waals surface area contributed by atoms with Crippen LogP contribution < -0.4 is 5.73 Å². The second-order valence-corrected chi connectivity index (χ2v) is 4.73. The molecule has 2 N–H and O–H groups in total. The summed E-state index contributed by atoms with van der Waals surface area (Å²) in [6.45, 7) is 4.30. The Bertz CT molecular complexity index is 168. The molecule has 2 heteroatoms. The van der Waals surface area contributed by atoms with Crippen LogP contribution in [0.2, 0.25) is 0 Å². The summed E-state index contributed by atoms with van der Waals surface area (Å²) in [6, 6.07) is -0.204. The highest BCUT2D eigenvalue weighted by Gasteiger charge is 2.10. The Hall–Kier alpha value is -0.370. The highest BCUT2D eigenvalue weighted by Crippen LogP contribution is 2.09. The number of hydrogen-bond donors (Lipinski definition) is 1. The lowest BCUT2D eigenvalue weighted by atomic mass is 10.0. The molecule has 0 aromatic carbocycles. The summed E-state index contributed by atoms with van der Waals surface area (Å²) in [5.74, 6) is 0.260. The van der Waals surface area contributed by atoms with Crippen molar-refractivity contribution >= 4 is 5.78 Å². The Morgan fingerprint density at radius 3 is 2.06 bits per heavy atom. The fourth-order valence-corrected chi connectivity index (χ4v) is 1.91. The topological polar surface area (TPSA) is 43.1 Å². The van der Waals surface area contributed by atoms with Gasteiger partial charge in [0.25, 0.3) is 0 Å². The third-order valence-electron chi connectivity index (χ3n) is 3.04. The smallest absolute Gasteiger partial charge is 0.149 e. The SMILES string of the molecule is CCCCCCCCCC(=O)C(N)CCC. The minimum Gasteiger partial charge on any atom is -0.322 e. The summed E-state index contributed by atoms with van der Waals surface area (Å²) in [7, 11) is 0. The first kappa shape index (κ1) is 15.6. The summed E-state index contributed by atoms with van der Waals surface area (Å²) in [5.41, 5.74) is 5.76. The first-order valence-corrected chi connectivity index (χ1v) is 7.00. The van der Waals surface area contributed by atoms with Crippen LogP contribution in [-0.4, -0.2) is 11.8 Å². The first-order valence-electron chi connectivity index (χ1n) is 7.00. The molecule has 0 aliphatic rings. The molecule has 0 bridgehead atoms. The third-order valence-corrected chi connectivity index (χ3v) is 3.04. The van der Waals surface area contributed by atoms with E-state index in [0.29, 0.717) is 6.42 Å². The minimum atomic E-state index is -0.204. The van der Waals surface area contributed by atoms with E-state index in [-0.39, 0.29) is 11.8 Å². The van der Waals surface area contributed by atoms with E-state index in [0.717, 1.165) is 19.3 Å². The van der Waals surface area contributed by atoms with E-state index in [1.165, 1.54) is 38.5 Å². The highest BCUT2D eigenvalue weighted by molar-refractivity contribution is 5.83. The van der Waals surface area contributed by atoms with Gasteiger partial charge in [-0.2, -0.15) is 0 Å². The molecule has 0 fully saturated rings. The Kier molecular flexibility index (Phi) is 10.9. The average Bonchev–Trinajstić information content (AvgIpc) is 2.28. The second-order valence-electron chi connectivity index (χ2n) is 4.73. The largest absolute Gasteiger partial charge is 0.322 e. The standard InChI is InChI=1S/C14H29NO/c1-3-5-6-7-8-9-10-12-14(16)13(15)11-4-2/h13H,3-12,15H2,1-2H3. The molecular formula is C14H29NO. The molecule has 16 heavy (non-hydrogen) atoms. The second kappa shape index (κ2) is 11.1. The van der Waals surface area contributed by atoms with Gasteiger partial charge in [-0.25, -0.2) is 0 Å². The average molecular weight is 227 g/mol. The normalized spacial score (nSPS) is 12.7. The lowest BCUT2D eigenvalue weighted by Crippen LogP contribution is -2.29. The van der Waals surface area contributed by atoms with Gasteiger partial charge in [-0.05, 0) is 12.8 Å². The van der Waals surface area contributed by atoms with Gasteiger partial charge < -0.3 is 5.73 Å². The van der Waals surface area contributed by atoms with Crippen molar-refractivity contribution in [2.45, 2.75) is 84.1 Å². The number of carbonyl (C=O) groups is 1. The van der Waals surface area contributed by atoms with E-state index in [2.05, 4.69) is 13.8 Å². The maximum Gasteiger partial charge on any atom is 0.149 e. The van der Waals surface area contributed by atoms with E-state index in [1.807, 2.05) is 0 Å². The number of rotatable bonds is 11. The van der Waals surface area contributed by atoms with Crippen LogP contribution in [0.4, 0.5) is 0 Å². The zero-order chi connectivity index (χ0) is 12.2. The molecular weight excluding hydrogens is 198 g/mol. The van der Waals surface area contributed by atoms with Crippen molar-refractivity contribution in [3.8, 4) is 0 Å². The van der Waals surface area contributed by atoms with Crippen molar-refractivity contribution in [2.75, 3.05) is 0 Å². The van der Waals surface area contributed by atoms with Gasteiger partial charge in [0.2, 0.25) is 0 Å². The summed E-state index contributed by atoms with van der Waals surface area (Å²) in [4.78, 5) is 11.5. The third kappa shape index (κ3) is 8.90. The van der Waals surface area contributed by atoms with Gasteiger partial charge in [-0.3, -0.25) is 4.79 Å². The van der Waals surface area contributed by atoms with Crippen molar-refractivity contribution in [3.63, 3.8) is 0 Å². The summed E-state index contributed by atoms with van der Waals surface area (Å²) in [5, 5.41) is 0. The lowest BCUT2D eigenvalue weighted by Gasteiger charge is -2.08. The van der Waals surface area contributed by atoms with Crippen molar-refractivity contribution in [2.24, 2.45) is 5.73 Å². The van der Waals surface area contributed by atoms with Gasteiger partial charge in [0.1, 0.15) is 5.78 Å². The van der Waals surface area contributed by atoms with Gasteiger partial charge in [0.15, 0.2) is 0 Å². The number of ketones is 1. The Balaban J connectivity index is 3.27. The Labute approximate surface area is 101 Å². The monoisotopic (exact) mass is 227 g/mol. The van der Waals surface area contributed by atoms with Crippen LogP contribution in [-0.2, 0) is 4.79 Å². The molecule has 96 valence electrons. The fraction of sp³-hybridized carbons (Fsp3) is 0.929. The molecule has 0 aliphatic heterocycles. The van der Waals surface area contributed by atoms with Crippen molar-refractivity contribution in [1.82, 2.24) is 0 Å². The van der Waals surface area contributed by atoms with Crippen LogP contribution in [0.1, 0.15) is 78.1 Å². The number of Topliss-reactive ketones (excluding diaryl/α,β-unsaturated/α-hetero) is 1. The van der Waals surface area contributed by atoms with Crippen LogP contribution in [0, 0.1) is 0 Å². The van der Waals surface area contributed by atoms with Gasteiger partial charge in [0, 0.05) is 6.42 Å². The molecule has 0 amide bonds. The zero-order valence-electron chi connectivity index (χ0n) is 11.1. The van der Waals surface area contributed by atoms with Crippen LogP contribution in [0.25, 0.3) is 0 Å². The van der Waals surface area contributed by atoms with Gasteiger partial charge in [-0.1, -0.05) is 58.8 Å². The molecule has 0 spiro atoms. The molecule has 0 aromatic heterocycles. The van der Waals surface area contributed by atoms with E-state index in [1.54, 1.807) is 0 Å². The van der Waals surface area contributed by atoms with E-state index in [9.17, 15) is 4.79 Å². The minimum absolute atomic E-state index is 0.204. The van der Waals surface area contributed by atoms with Crippen LogP contribution >= 0.6 is 0 Å². The first-order chi connectivity index (χ1) is 7.72. The Morgan fingerprint density at radius 1 is 0.938 bits per heavy atom. The lowest BCUT2D eigenvalue weighted by molar-refractivity contribution is -0.120. The van der Waals surface area contributed by atoms with Gasteiger partial charge in [0.05, 0.1) is 6.04 Å². The van der Waals surface area contributed by atoms with Crippen molar-refractivity contribution in [3.05, 3.63) is 0 Å². The number of nitrogens with two attached hydrogens (primary N) is 1. The molecule has 0 aromatic rings. The molecule has 0 heterocycles. The van der Waals surface area contributed by atoms with Crippen molar-refractivity contribution in [1.29, 1.82) is 0 Å². The molecule has 1 unspecified atom stereocenters. The van der Waals surface area contributed by atoms with Crippen LogP contribution in [0.3, 0.4) is 0 Å². The number of hydrogen-bond acceptors (Lipinski definition) is 2. The molecule has 0 saturated heterocycles. The summed E-state index contributed by atoms with van der Waals surface area (Å²) < 4.78 is 0. The van der Waals surface area contributed by atoms with Crippen LogP contribution in [0.5, 0.6) is 0 Å². The Morgan fingerprint density at radius 2 is 1.50 bits per heavy atom. The molecule has 2 nitrogen and oxygen atoms in total.